The zero-order valence-corrected chi connectivity index (χ0v) is 13.9. The average Bonchev–Trinajstić information content (AvgIpc) is 3.09. The molecule has 4 nitrogen and oxygen atoms in total. The summed E-state index contributed by atoms with van der Waals surface area (Å²) in [5.74, 6) is 2.15. The Hall–Kier alpha value is -0.750. The lowest BCUT2D eigenvalue weighted by Gasteiger charge is -2.35. The first-order chi connectivity index (χ1) is 10.6. The van der Waals surface area contributed by atoms with E-state index in [0.717, 1.165) is 43.1 Å². The Bertz CT molecular complexity index is 511. The first-order valence-corrected chi connectivity index (χ1v) is 9.22. The lowest BCUT2D eigenvalue weighted by Crippen LogP contribution is -2.48. The molecule has 0 aliphatic carbocycles. The van der Waals surface area contributed by atoms with E-state index in [0.29, 0.717) is 5.02 Å². The van der Waals surface area contributed by atoms with Crippen LogP contribution >= 0.6 is 23.4 Å². The number of rotatable bonds is 3. The van der Waals surface area contributed by atoms with Crippen LogP contribution in [-0.4, -0.2) is 46.7 Å². The molecule has 0 unspecified atom stereocenters. The summed E-state index contributed by atoms with van der Waals surface area (Å²) in [7, 11) is 0. The summed E-state index contributed by atoms with van der Waals surface area (Å²) < 4.78 is 0. The van der Waals surface area contributed by atoms with E-state index in [1.165, 1.54) is 0 Å². The van der Waals surface area contributed by atoms with Crippen LogP contribution in [0.5, 0.6) is 0 Å². The normalized spacial score (nSPS) is 24.5. The minimum absolute atomic E-state index is 0.0252. The number of hydrogen-bond donors (Lipinski definition) is 2. The van der Waals surface area contributed by atoms with Gasteiger partial charge in [-0.2, -0.15) is 0 Å². The predicted molar refractivity (Wildman–Crippen MR) is 90.0 cm³/mol. The zero-order chi connectivity index (χ0) is 15.5. The van der Waals surface area contributed by atoms with Crippen LogP contribution in [0.3, 0.4) is 0 Å². The maximum atomic E-state index is 12.4. The Kier molecular flexibility index (Phi) is 5.29. The molecule has 1 aromatic carbocycles. The Balaban J connectivity index is 1.54. The molecule has 2 saturated heterocycles. The number of benzene rings is 1. The minimum atomic E-state index is -0.477. The first-order valence-electron chi connectivity index (χ1n) is 7.68. The number of likely N-dealkylation sites (tertiary alicyclic amines) is 1. The molecule has 0 bridgehead atoms. The molecular weight excluding hydrogens is 320 g/mol. The van der Waals surface area contributed by atoms with E-state index in [9.17, 15) is 9.90 Å². The van der Waals surface area contributed by atoms with Gasteiger partial charge in [-0.05, 0) is 36.5 Å². The predicted octanol–water partition coefficient (Wildman–Crippen LogP) is 2.27. The van der Waals surface area contributed by atoms with Crippen LogP contribution in [0.4, 0.5) is 0 Å². The van der Waals surface area contributed by atoms with Gasteiger partial charge in [0.15, 0.2) is 0 Å². The van der Waals surface area contributed by atoms with Gasteiger partial charge in [0.25, 0.3) is 0 Å². The van der Waals surface area contributed by atoms with Gasteiger partial charge in [0, 0.05) is 29.7 Å². The van der Waals surface area contributed by atoms with E-state index < -0.39 is 6.10 Å². The molecule has 22 heavy (non-hydrogen) atoms. The maximum absolute atomic E-state index is 12.4. The van der Waals surface area contributed by atoms with E-state index in [4.69, 9.17) is 11.6 Å². The van der Waals surface area contributed by atoms with Gasteiger partial charge in [-0.25, -0.2) is 0 Å². The summed E-state index contributed by atoms with van der Waals surface area (Å²) in [5.41, 5.74) is 0.906. The summed E-state index contributed by atoms with van der Waals surface area (Å²) in [5, 5.41) is 14.4. The van der Waals surface area contributed by atoms with E-state index in [-0.39, 0.29) is 17.9 Å². The Morgan fingerprint density at radius 2 is 2.00 bits per heavy atom. The van der Waals surface area contributed by atoms with Gasteiger partial charge in [0.2, 0.25) is 5.91 Å². The highest BCUT2D eigenvalue weighted by Crippen LogP contribution is 2.31. The Morgan fingerprint density at radius 3 is 2.59 bits per heavy atom. The van der Waals surface area contributed by atoms with Crippen LogP contribution in [0.25, 0.3) is 0 Å². The number of piperidine rings is 1. The molecule has 3 rings (SSSR count). The lowest BCUT2D eigenvalue weighted by atomic mass is 9.87. The summed E-state index contributed by atoms with van der Waals surface area (Å²) >= 11 is 7.65. The fourth-order valence-electron chi connectivity index (χ4n) is 3.14. The molecule has 1 aromatic rings. The number of nitrogens with zero attached hydrogens (tertiary/aromatic N) is 1. The summed E-state index contributed by atoms with van der Waals surface area (Å²) in [6, 6.07) is 7.35. The van der Waals surface area contributed by atoms with Gasteiger partial charge >= 0.3 is 0 Å². The number of carbonyl (C=O) groups is 1. The molecule has 1 amide bonds. The maximum Gasteiger partial charge on any atom is 0.240 e. The second-order valence-corrected chi connectivity index (χ2v) is 7.40. The molecule has 2 heterocycles. The van der Waals surface area contributed by atoms with Crippen molar-refractivity contribution in [3.8, 4) is 0 Å². The molecule has 120 valence electrons. The third kappa shape index (κ3) is 3.59. The third-order valence-corrected chi connectivity index (χ3v) is 5.72. The number of thioether (sulfide) groups is 1. The van der Waals surface area contributed by atoms with E-state index >= 15 is 0 Å². The van der Waals surface area contributed by atoms with Crippen molar-refractivity contribution in [2.45, 2.75) is 25.0 Å². The number of hydrogen-bond acceptors (Lipinski definition) is 4. The number of carbonyl (C=O) groups excluding carboxylic acids is 1. The van der Waals surface area contributed by atoms with Crippen LogP contribution < -0.4 is 5.32 Å². The highest BCUT2D eigenvalue weighted by Gasteiger charge is 2.32. The molecule has 6 heteroatoms. The molecule has 0 aromatic heterocycles. The molecule has 0 radical (unpaired) electrons. The van der Waals surface area contributed by atoms with Crippen LogP contribution in [0.2, 0.25) is 5.02 Å². The average molecular weight is 341 g/mol. The van der Waals surface area contributed by atoms with Crippen molar-refractivity contribution >= 4 is 29.3 Å². The van der Waals surface area contributed by atoms with Gasteiger partial charge in [-0.1, -0.05) is 23.7 Å². The number of nitrogens with one attached hydrogen (secondary N) is 1. The highest BCUT2D eigenvalue weighted by molar-refractivity contribution is 7.99. The number of amides is 1. The molecule has 2 N–H and O–H groups in total. The van der Waals surface area contributed by atoms with Crippen molar-refractivity contribution in [1.29, 1.82) is 0 Å². The van der Waals surface area contributed by atoms with E-state index in [1.807, 2.05) is 29.2 Å². The molecule has 2 aliphatic rings. The van der Waals surface area contributed by atoms with Gasteiger partial charge < -0.3 is 10.0 Å². The summed E-state index contributed by atoms with van der Waals surface area (Å²) in [6.45, 7) is 1.47. The molecule has 0 saturated carbocycles. The second kappa shape index (κ2) is 7.21. The standard InChI is InChI=1S/C16H21ClN2O2S/c17-13-3-1-11(2-4-13)15(20)12-5-7-19(8-6-12)16(21)14-9-22-10-18-14/h1-4,12,14-15,18,20H,5-10H2/t14-,15-/m1/s1. The fourth-order valence-corrected chi connectivity index (χ4v) is 4.20. The van der Waals surface area contributed by atoms with Gasteiger partial charge in [0.1, 0.15) is 0 Å². The molecular formula is C16H21ClN2O2S. The Labute approximate surface area is 140 Å². The minimum Gasteiger partial charge on any atom is -0.388 e. The lowest BCUT2D eigenvalue weighted by molar-refractivity contribution is -0.134. The van der Waals surface area contributed by atoms with Crippen LogP contribution in [0, 0.1) is 5.92 Å². The van der Waals surface area contributed by atoms with Crippen LogP contribution in [-0.2, 0) is 4.79 Å². The topological polar surface area (TPSA) is 52.6 Å². The van der Waals surface area contributed by atoms with Crippen LogP contribution in [0.15, 0.2) is 24.3 Å². The largest absolute Gasteiger partial charge is 0.388 e. The number of aliphatic hydroxyl groups excluding tert-OH is 1. The summed E-state index contributed by atoms with van der Waals surface area (Å²) in [4.78, 5) is 14.3. The molecule has 2 fully saturated rings. The van der Waals surface area contributed by atoms with E-state index in [2.05, 4.69) is 5.32 Å². The smallest absolute Gasteiger partial charge is 0.240 e. The first kappa shape index (κ1) is 16.1. The zero-order valence-electron chi connectivity index (χ0n) is 12.4. The molecule has 0 spiro atoms. The summed E-state index contributed by atoms with van der Waals surface area (Å²) in [6.07, 6.45) is 1.21. The van der Waals surface area contributed by atoms with Crippen molar-refractivity contribution in [1.82, 2.24) is 10.2 Å². The highest BCUT2D eigenvalue weighted by atomic mass is 35.5. The Morgan fingerprint density at radius 1 is 1.32 bits per heavy atom. The van der Waals surface area contributed by atoms with Gasteiger partial charge in [-0.3, -0.25) is 10.1 Å². The van der Waals surface area contributed by atoms with Gasteiger partial charge in [-0.15, -0.1) is 11.8 Å². The van der Waals surface area contributed by atoms with Gasteiger partial charge in [0.05, 0.1) is 12.1 Å². The fraction of sp³-hybridized carbons (Fsp3) is 0.562. The van der Waals surface area contributed by atoms with Crippen molar-refractivity contribution < 1.29 is 9.90 Å². The van der Waals surface area contributed by atoms with Crippen molar-refractivity contribution in [2.24, 2.45) is 5.92 Å². The van der Waals surface area contributed by atoms with Crippen LogP contribution in [0.1, 0.15) is 24.5 Å². The number of aliphatic hydroxyl groups is 1. The second-order valence-electron chi connectivity index (χ2n) is 5.93. The van der Waals surface area contributed by atoms with Crippen molar-refractivity contribution in [3.05, 3.63) is 34.9 Å². The monoisotopic (exact) mass is 340 g/mol. The molecule has 2 aliphatic heterocycles. The van der Waals surface area contributed by atoms with Crippen molar-refractivity contribution in [3.63, 3.8) is 0 Å². The quantitative estimate of drug-likeness (QED) is 0.886. The molecule has 2 atom stereocenters. The third-order valence-electron chi connectivity index (χ3n) is 4.52. The van der Waals surface area contributed by atoms with Crippen molar-refractivity contribution in [2.75, 3.05) is 24.7 Å². The number of halogens is 1. The van der Waals surface area contributed by atoms with E-state index in [1.54, 1.807) is 11.8 Å². The SMILES string of the molecule is O=C([C@H]1CSCN1)N1CCC([C@H](O)c2ccc(Cl)cc2)CC1.